The summed E-state index contributed by atoms with van der Waals surface area (Å²) in [5.74, 6) is 0.137. The van der Waals surface area contributed by atoms with E-state index in [4.69, 9.17) is 4.74 Å². The molecule has 1 aliphatic rings. The molecule has 1 unspecified atom stereocenters. The molecule has 1 fully saturated rings. The topological polar surface area (TPSA) is 75.7 Å². The number of benzene rings is 2. The maximum absolute atomic E-state index is 13.4. The van der Waals surface area contributed by atoms with Gasteiger partial charge in [0.15, 0.2) is 0 Å². The van der Waals surface area contributed by atoms with Gasteiger partial charge in [-0.15, -0.1) is 0 Å². The van der Waals surface area contributed by atoms with Crippen LogP contribution in [0.1, 0.15) is 67.4 Å². The van der Waals surface area contributed by atoms with Gasteiger partial charge < -0.3 is 10.1 Å². The van der Waals surface area contributed by atoms with Gasteiger partial charge in [-0.2, -0.15) is 4.31 Å². The Morgan fingerprint density at radius 1 is 1.19 bits per heavy atom. The van der Waals surface area contributed by atoms with Gasteiger partial charge in [-0.25, -0.2) is 8.42 Å². The van der Waals surface area contributed by atoms with E-state index >= 15 is 0 Å². The maximum Gasteiger partial charge on any atom is 0.255 e. The molecule has 6 nitrogen and oxygen atoms in total. The highest BCUT2D eigenvalue weighted by Gasteiger charge is 2.33. The van der Waals surface area contributed by atoms with Gasteiger partial charge in [0.1, 0.15) is 10.6 Å². The van der Waals surface area contributed by atoms with Gasteiger partial charge in [-0.1, -0.05) is 38.5 Å². The molecule has 2 aromatic rings. The third kappa shape index (κ3) is 4.77. The van der Waals surface area contributed by atoms with E-state index in [0.717, 1.165) is 36.1 Å². The molecular formula is C24H32N2O4S. The molecule has 2 aromatic carbocycles. The SMILES string of the molecule is COc1ccc(C(=O)Nc2c(C)cccc2C(C)C)cc1S(=O)(=O)N1CCCCC1C. The number of amides is 1. The number of ether oxygens (including phenoxy) is 1. The van der Waals surface area contributed by atoms with Crippen molar-refractivity contribution in [3.63, 3.8) is 0 Å². The lowest BCUT2D eigenvalue weighted by atomic mass is 9.98. The number of hydrogen-bond acceptors (Lipinski definition) is 4. The van der Waals surface area contributed by atoms with Crippen LogP contribution in [0, 0.1) is 6.92 Å². The average molecular weight is 445 g/mol. The molecule has 0 radical (unpaired) electrons. The van der Waals surface area contributed by atoms with E-state index in [0.29, 0.717) is 6.54 Å². The second-order valence-corrected chi connectivity index (χ2v) is 10.3. The number of para-hydroxylation sites is 1. The fourth-order valence-electron chi connectivity index (χ4n) is 4.10. The summed E-state index contributed by atoms with van der Waals surface area (Å²) < 4.78 is 33.7. The number of sulfonamides is 1. The smallest absolute Gasteiger partial charge is 0.255 e. The lowest BCUT2D eigenvalue weighted by Gasteiger charge is -2.32. The van der Waals surface area contributed by atoms with Gasteiger partial charge in [0.05, 0.1) is 7.11 Å². The zero-order chi connectivity index (χ0) is 22.8. The minimum absolute atomic E-state index is 0.0327. The lowest BCUT2D eigenvalue weighted by molar-refractivity contribution is 0.102. The highest BCUT2D eigenvalue weighted by Crippen LogP contribution is 2.33. The van der Waals surface area contributed by atoms with E-state index in [9.17, 15) is 13.2 Å². The number of methoxy groups -OCH3 is 1. The molecule has 0 aliphatic carbocycles. The van der Waals surface area contributed by atoms with E-state index < -0.39 is 10.0 Å². The van der Waals surface area contributed by atoms with Crippen LogP contribution in [0.5, 0.6) is 5.75 Å². The Morgan fingerprint density at radius 2 is 1.94 bits per heavy atom. The van der Waals surface area contributed by atoms with Crippen molar-refractivity contribution >= 4 is 21.6 Å². The van der Waals surface area contributed by atoms with Gasteiger partial charge in [-0.05, 0) is 61.9 Å². The largest absolute Gasteiger partial charge is 0.495 e. The quantitative estimate of drug-likeness (QED) is 0.685. The summed E-state index contributed by atoms with van der Waals surface area (Å²) in [5.41, 5.74) is 3.05. The van der Waals surface area contributed by atoms with Crippen molar-refractivity contribution < 1.29 is 17.9 Å². The van der Waals surface area contributed by atoms with Crippen molar-refractivity contribution in [2.24, 2.45) is 0 Å². The number of piperidine rings is 1. The molecule has 0 saturated carbocycles. The van der Waals surface area contributed by atoms with Crippen LogP contribution in [0.3, 0.4) is 0 Å². The first kappa shape index (κ1) is 23.3. The summed E-state index contributed by atoms with van der Waals surface area (Å²) in [6.45, 7) is 8.49. The first-order valence-corrected chi connectivity index (χ1v) is 12.2. The van der Waals surface area contributed by atoms with E-state index in [1.54, 1.807) is 12.1 Å². The number of hydrogen-bond donors (Lipinski definition) is 1. The lowest BCUT2D eigenvalue weighted by Crippen LogP contribution is -2.42. The second kappa shape index (κ2) is 9.40. The molecule has 0 bridgehead atoms. The van der Waals surface area contributed by atoms with Crippen LogP contribution in [-0.2, 0) is 10.0 Å². The van der Waals surface area contributed by atoms with E-state index in [-0.39, 0.29) is 34.1 Å². The number of carbonyl (C=O) groups is 1. The Balaban J connectivity index is 1.99. The zero-order valence-corrected chi connectivity index (χ0v) is 19.8. The Kier molecular flexibility index (Phi) is 7.06. The monoisotopic (exact) mass is 444 g/mol. The van der Waals surface area contributed by atoms with Crippen LogP contribution < -0.4 is 10.1 Å². The van der Waals surface area contributed by atoms with E-state index in [1.807, 2.05) is 32.0 Å². The van der Waals surface area contributed by atoms with Gasteiger partial charge in [0.25, 0.3) is 5.91 Å². The van der Waals surface area contributed by atoms with Gasteiger partial charge >= 0.3 is 0 Å². The van der Waals surface area contributed by atoms with E-state index in [2.05, 4.69) is 19.2 Å². The molecule has 0 spiro atoms. The van der Waals surface area contributed by atoms with Crippen molar-refractivity contribution in [2.45, 2.75) is 63.8 Å². The van der Waals surface area contributed by atoms with Gasteiger partial charge in [0, 0.05) is 23.8 Å². The first-order chi connectivity index (χ1) is 14.7. The standard InChI is InChI=1S/C24H32N2O4S/c1-16(2)20-11-8-9-17(3)23(20)25-24(27)19-12-13-21(30-5)22(15-19)31(28,29)26-14-7-6-10-18(26)4/h8-9,11-13,15-16,18H,6-7,10,14H2,1-5H3,(H,25,27). The van der Waals surface area contributed by atoms with Crippen molar-refractivity contribution in [2.75, 3.05) is 19.0 Å². The van der Waals surface area contributed by atoms with Crippen LogP contribution in [0.2, 0.25) is 0 Å². The minimum Gasteiger partial charge on any atom is -0.495 e. The predicted molar refractivity (Wildman–Crippen MR) is 123 cm³/mol. The summed E-state index contributed by atoms with van der Waals surface area (Å²) in [6, 6.07) is 10.4. The number of anilines is 1. The highest BCUT2D eigenvalue weighted by molar-refractivity contribution is 7.89. The van der Waals surface area contributed by atoms with Crippen molar-refractivity contribution in [3.05, 3.63) is 53.1 Å². The molecule has 31 heavy (non-hydrogen) atoms. The zero-order valence-electron chi connectivity index (χ0n) is 18.9. The average Bonchev–Trinajstić information content (AvgIpc) is 2.74. The third-order valence-electron chi connectivity index (χ3n) is 5.92. The van der Waals surface area contributed by atoms with Crippen LogP contribution in [-0.4, -0.2) is 38.3 Å². The maximum atomic E-state index is 13.4. The third-order valence-corrected chi connectivity index (χ3v) is 7.95. The highest BCUT2D eigenvalue weighted by atomic mass is 32.2. The van der Waals surface area contributed by atoms with E-state index in [1.165, 1.54) is 17.5 Å². The molecule has 0 aromatic heterocycles. The molecular weight excluding hydrogens is 412 g/mol. The fraction of sp³-hybridized carbons (Fsp3) is 0.458. The van der Waals surface area contributed by atoms with Crippen LogP contribution >= 0.6 is 0 Å². The number of carbonyl (C=O) groups excluding carboxylic acids is 1. The van der Waals surface area contributed by atoms with Crippen molar-refractivity contribution in [1.82, 2.24) is 4.31 Å². The molecule has 1 N–H and O–H groups in total. The molecule has 1 amide bonds. The van der Waals surface area contributed by atoms with Crippen LogP contribution in [0.25, 0.3) is 0 Å². The van der Waals surface area contributed by atoms with Crippen LogP contribution in [0.4, 0.5) is 5.69 Å². The van der Waals surface area contributed by atoms with Gasteiger partial charge in [0.2, 0.25) is 10.0 Å². The Morgan fingerprint density at radius 3 is 2.58 bits per heavy atom. The number of nitrogens with zero attached hydrogens (tertiary/aromatic N) is 1. The Hall–Kier alpha value is -2.38. The summed E-state index contributed by atoms with van der Waals surface area (Å²) in [6.07, 6.45) is 2.67. The number of rotatable bonds is 6. The molecule has 1 aliphatic heterocycles. The molecule has 168 valence electrons. The van der Waals surface area contributed by atoms with Gasteiger partial charge in [-0.3, -0.25) is 4.79 Å². The molecule has 7 heteroatoms. The van der Waals surface area contributed by atoms with Crippen molar-refractivity contribution in [3.8, 4) is 5.75 Å². The summed E-state index contributed by atoms with van der Waals surface area (Å²) in [5, 5.41) is 2.99. The molecule has 1 atom stereocenters. The minimum atomic E-state index is -3.78. The Bertz CT molecular complexity index is 1060. The second-order valence-electron chi connectivity index (χ2n) is 8.47. The summed E-state index contributed by atoms with van der Waals surface area (Å²) in [7, 11) is -2.34. The van der Waals surface area contributed by atoms with Crippen LogP contribution in [0.15, 0.2) is 41.3 Å². The molecule has 3 rings (SSSR count). The molecule has 1 heterocycles. The summed E-state index contributed by atoms with van der Waals surface area (Å²) >= 11 is 0. The summed E-state index contributed by atoms with van der Waals surface area (Å²) in [4.78, 5) is 13.1. The van der Waals surface area contributed by atoms with Crippen molar-refractivity contribution in [1.29, 1.82) is 0 Å². The normalized spacial score (nSPS) is 17.5. The Labute approximate surface area is 185 Å². The number of nitrogens with one attached hydrogen (secondary N) is 1. The predicted octanol–water partition coefficient (Wildman–Crippen LogP) is 4.94. The number of aryl methyl sites for hydroxylation is 1. The molecule has 1 saturated heterocycles. The fourth-order valence-corrected chi connectivity index (χ4v) is 5.99. The first-order valence-electron chi connectivity index (χ1n) is 10.8.